The third-order valence-electron chi connectivity index (χ3n) is 5.44. The van der Waals surface area contributed by atoms with Crippen LogP contribution in [-0.4, -0.2) is 44.9 Å². The number of H-pyrrole nitrogens is 1. The van der Waals surface area contributed by atoms with Gasteiger partial charge < -0.3 is 9.64 Å². The lowest BCUT2D eigenvalue weighted by molar-refractivity contribution is -0.0797. The molecule has 0 unspecified atom stereocenters. The summed E-state index contributed by atoms with van der Waals surface area (Å²) in [4.78, 5) is 18.5. The Labute approximate surface area is 137 Å². The van der Waals surface area contributed by atoms with E-state index < -0.39 is 5.60 Å². The number of aromatic nitrogens is 3. The van der Waals surface area contributed by atoms with Gasteiger partial charge in [-0.05, 0) is 46.5 Å². The van der Waals surface area contributed by atoms with Crippen LogP contribution < -0.4 is 0 Å². The van der Waals surface area contributed by atoms with Gasteiger partial charge in [0.2, 0.25) is 0 Å². The number of nitrogens with zero attached hydrogens (tertiary/aromatic N) is 3. The third-order valence-corrected chi connectivity index (χ3v) is 5.44. The Kier molecular flexibility index (Phi) is 3.22. The topological polar surface area (TPSA) is 71.1 Å². The van der Waals surface area contributed by atoms with Crippen LogP contribution in [0.25, 0.3) is 0 Å². The minimum absolute atomic E-state index is 0.184. The number of ether oxygens (including phenoxy) is 1. The first-order valence-corrected chi connectivity index (χ1v) is 8.74. The average Bonchev–Trinajstić information content (AvgIpc) is 2.69. The van der Waals surface area contributed by atoms with Crippen molar-refractivity contribution in [1.29, 1.82) is 0 Å². The number of carbonyl (C=O) groups is 1. The van der Waals surface area contributed by atoms with E-state index in [1.165, 1.54) is 19.3 Å². The van der Waals surface area contributed by atoms with Crippen molar-refractivity contribution in [1.82, 2.24) is 20.1 Å². The summed E-state index contributed by atoms with van der Waals surface area (Å²) in [5.74, 6) is 3.13. The fourth-order valence-electron chi connectivity index (χ4n) is 3.98. The van der Waals surface area contributed by atoms with Gasteiger partial charge in [-0.25, -0.2) is 9.78 Å². The molecule has 4 rings (SSSR count). The number of amides is 1. The van der Waals surface area contributed by atoms with Gasteiger partial charge in [0.15, 0.2) is 5.82 Å². The van der Waals surface area contributed by atoms with E-state index in [0.29, 0.717) is 17.3 Å². The molecule has 6 heteroatoms. The number of carbonyl (C=O) groups excluding carboxylic acids is 1. The number of likely N-dealkylation sites (tertiary alicyclic amines) is 1. The molecule has 1 aromatic rings. The van der Waals surface area contributed by atoms with Crippen molar-refractivity contribution in [2.45, 2.75) is 70.3 Å². The maximum atomic E-state index is 12.0. The molecule has 126 valence electrons. The van der Waals surface area contributed by atoms with Crippen LogP contribution in [0.2, 0.25) is 0 Å². The highest BCUT2D eigenvalue weighted by molar-refractivity contribution is 5.69. The van der Waals surface area contributed by atoms with E-state index in [4.69, 9.17) is 9.72 Å². The maximum absolute atomic E-state index is 12.0. The van der Waals surface area contributed by atoms with E-state index >= 15 is 0 Å². The summed E-state index contributed by atoms with van der Waals surface area (Å²) in [5, 5.41) is 7.55. The van der Waals surface area contributed by atoms with Crippen LogP contribution in [0.1, 0.15) is 76.4 Å². The third kappa shape index (κ3) is 2.72. The molecule has 3 fully saturated rings. The van der Waals surface area contributed by atoms with E-state index in [2.05, 4.69) is 10.2 Å². The quantitative estimate of drug-likeness (QED) is 0.909. The monoisotopic (exact) mass is 318 g/mol. The molecule has 0 radical (unpaired) electrons. The molecule has 0 atom stereocenters. The van der Waals surface area contributed by atoms with Gasteiger partial charge in [0, 0.05) is 30.3 Å². The molecule has 0 aromatic carbocycles. The Balaban J connectivity index is 1.27. The highest BCUT2D eigenvalue weighted by atomic mass is 16.6. The molecule has 1 spiro atoms. The first-order chi connectivity index (χ1) is 10.8. The molecular weight excluding hydrogens is 292 g/mol. The second-order valence-corrected chi connectivity index (χ2v) is 8.65. The molecule has 0 bridgehead atoms. The minimum Gasteiger partial charge on any atom is -0.444 e. The summed E-state index contributed by atoms with van der Waals surface area (Å²) in [6, 6.07) is 0. The molecule has 1 aromatic heterocycles. The van der Waals surface area contributed by atoms with Gasteiger partial charge in [0.05, 0.1) is 0 Å². The summed E-state index contributed by atoms with van der Waals surface area (Å²) < 4.78 is 5.42. The van der Waals surface area contributed by atoms with Gasteiger partial charge in [-0.3, -0.25) is 5.10 Å². The highest BCUT2D eigenvalue weighted by Gasteiger charge is 2.55. The number of nitrogens with one attached hydrogen (secondary N) is 1. The van der Waals surface area contributed by atoms with Crippen molar-refractivity contribution in [2.75, 3.05) is 13.1 Å². The average molecular weight is 318 g/mol. The Morgan fingerprint density at radius 1 is 1.26 bits per heavy atom. The Morgan fingerprint density at radius 2 is 1.96 bits per heavy atom. The molecule has 2 heterocycles. The summed E-state index contributed by atoms with van der Waals surface area (Å²) in [5.41, 5.74) is -0.127. The number of rotatable bonds is 2. The van der Waals surface area contributed by atoms with E-state index in [0.717, 1.165) is 37.6 Å². The molecule has 6 nitrogen and oxygen atoms in total. The van der Waals surface area contributed by atoms with Crippen molar-refractivity contribution >= 4 is 6.09 Å². The standard InChI is InChI=1S/C17H26N4O2/c1-16(2,3)23-15(22)21-9-17(10-21)7-12(8-17)14-18-13(19-20-14)11-5-4-6-11/h11-12H,4-10H2,1-3H3,(H,18,19,20). The van der Waals surface area contributed by atoms with Crippen LogP contribution in [0.15, 0.2) is 0 Å². The minimum atomic E-state index is -0.418. The Hall–Kier alpha value is -1.59. The first kappa shape index (κ1) is 15.0. The van der Waals surface area contributed by atoms with Crippen molar-refractivity contribution in [2.24, 2.45) is 5.41 Å². The largest absolute Gasteiger partial charge is 0.444 e. The van der Waals surface area contributed by atoms with Gasteiger partial charge in [-0.2, -0.15) is 5.10 Å². The lowest BCUT2D eigenvalue weighted by atomic mass is 9.57. The first-order valence-electron chi connectivity index (χ1n) is 8.74. The van der Waals surface area contributed by atoms with Crippen LogP contribution in [0, 0.1) is 5.41 Å². The van der Waals surface area contributed by atoms with Crippen LogP contribution in [0.5, 0.6) is 0 Å². The second-order valence-electron chi connectivity index (χ2n) is 8.65. The summed E-state index contributed by atoms with van der Waals surface area (Å²) in [6.07, 6.45) is 5.80. The molecule has 1 saturated heterocycles. The normalized spacial score (nSPS) is 24.0. The predicted molar refractivity (Wildman–Crippen MR) is 85.2 cm³/mol. The van der Waals surface area contributed by atoms with E-state index in [1.807, 2.05) is 25.7 Å². The molecule has 1 N–H and O–H groups in total. The number of hydrogen-bond acceptors (Lipinski definition) is 4. The smallest absolute Gasteiger partial charge is 0.410 e. The fourth-order valence-corrected chi connectivity index (χ4v) is 3.98. The fraction of sp³-hybridized carbons (Fsp3) is 0.824. The second kappa shape index (κ2) is 4.95. The SMILES string of the molecule is CC(C)(C)OC(=O)N1CC2(CC(c3n[nH]c(C4CCC4)n3)C2)C1. The van der Waals surface area contributed by atoms with Crippen LogP contribution in [0.3, 0.4) is 0 Å². The number of aromatic amines is 1. The molecular formula is C17H26N4O2. The Morgan fingerprint density at radius 3 is 2.52 bits per heavy atom. The zero-order chi connectivity index (χ0) is 16.2. The molecule has 3 aliphatic rings. The lowest BCUT2D eigenvalue weighted by Gasteiger charge is -2.58. The van der Waals surface area contributed by atoms with Gasteiger partial charge in [0.1, 0.15) is 11.4 Å². The van der Waals surface area contributed by atoms with Gasteiger partial charge in [-0.1, -0.05) is 6.42 Å². The van der Waals surface area contributed by atoms with Crippen LogP contribution >= 0.6 is 0 Å². The van der Waals surface area contributed by atoms with Crippen molar-refractivity contribution in [3.63, 3.8) is 0 Å². The van der Waals surface area contributed by atoms with Gasteiger partial charge in [0.25, 0.3) is 0 Å². The van der Waals surface area contributed by atoms with E-state index in [-0.39, 0.29) is 6.09 Å². The highest BCUT2D eigenvalue weighted by Crippen LogP contribution is 2.55. The zero-order valence-corrected chi connectivity index (χ0v) is 14.3. The maximum Gasteiger partial charge on any atom is 0.410 e. The van der Waals surface area contributed by atoms with Crippen molar-refractivity contribution in [3.8, 4) is 0 Å². The van der Waals surface area contributed by atoms with Gasteiger partial charge in [-0.15, -0.1) is 0 Å². The van der Waals surface area contributed by atoms with Crippen molar-refractivity contribution in [3.05, 3.63) is 11.6 Å². The Bertz CT molecular complexity index is 600. The lowest BCUT2D eigenvalue weighted by Crippen LogP contribution is -2.63. The van der Waals surface area contributed by atoms with Crippen LogP contribution in [0.4, 0.5) is 4.79 Å². The molecule has 2 saturated carbocycles. The van der Waals surface area contributed by atoms with Crippen LogP contribution in [-0.2, 0) is 4.74 Å². The zero-order valence-electron chi connectivity index (χ0n) is 14.3. The van der Waals surface area contributed by atoms with E-state index in [9.17, 15) is 4.79 Å². The number of hydrogen-bond donors (Lipinski definition) is 1. The summed E-state index contributed by atoms with van der Waals surface area (Å²) in [6.45, 7) is 7.35. The van der Waals surface area contributed by atoms with Gasteiger partial charge >= 0.3 is 6.09 Å². The van der Waals surface area contributed by atoms with E-state index in [1.54, 1.807) is 0 Å². The summed E-state index contributed by atoms with van der Waals surface area (Å²) in [7, 11) is 0. The molecule has 23 heavy (non-hydrogen) atoms. The molecule has 1 amide bonds. The van der Waals surface area contributed by atoms with Crippen molar-refractivity contribution < 1.29 is 9.53 Å². The molecule has 1 aliphatic heterocycles. The predicted octanol–water partition coefficient (Wildman–Crippen LogP) is 3.19. The summed E-state index contributed by atoms with van der Waals surface area (Å²) >= 11 is 0. The molecule has 2 aliphatic carbocycles.